The van der Waals surface area contributed by atoms with Gasteiger partial charge < -0.3 is 5.32 Å². The molecule has 3 heteroatoms. The Bertz CT molecular complexity index is 436. The highest BCUT2D eigenvalue weighted by atomic mass is 19.2. The van der Waals surface area contributed by atoms with Gasteiger partial charge in [-0.2, -0.15) is 0 Å². The van der Waals surface area contributed by atoms with Crippen LogP contribution in [-0.2, 0) is 12.8 Å². The molecule has 0 bridgehead atoms. The largest absolute Gasteiger partial charge is 0.310 e. The lowest BCUT2D eigenvalue weighted by atomic mass is 9.85. The van der Waals surface area contributed by atoms with Crippen LogP contribution in [0.5, 0.6) is 0 Å². The lowest BCUT2D eigenvalue weighted by Crippen LogP contribution is -2.19. The summed E-state index contributed by atoms with van der Waals surface area (Å²) in [6.45, 7) is 0.985. The third-order valence-corrected chi connectivity index (χ3v) is 4.01. The van der Waals surface area contributed by atoms with E-state index in [4.69, 9.17) is 0 Å². The maximum atomic E-state index is 13.8. The summed E-state index contributed by atoms with van der Waals surface area (Å²) in [6.07, 6.45) is 5.83. The van der Waals surface area contributed by atoms with Crippen LogP contribution in [-0.4, -0.2) is 6.54 Å². The van der Waals surface area contributed by atoms with Crippen LogP contribution >= 0.6 is 0 Å². The Morgan fingerprint density at radius 2 is 1.82 bits per heavy atom. The molecule has 1 aromatic carbocycles. The average Bonchev–Trinajstić information content (AvgIpc) is 2.87. The van der Waals surface area contributed by atoms with Gasteiger partial charge >= 0.3 is 0 Å². The zero-order valence-electron chi connectivity index (χ0n) is 9.86. The summed E-state index contributed by atoms with van der Waals surface area (Å²) in [6, 6.07) is 1.65. The van der Waals surface area contributed by atoms with Crippen molar-refractivity contribution in [1.82, 2.24) is 5.32 Å². The van der Waals surface area contributed by atoms with Crippen LogP contribution in [0.4, 0.5) is 8.78 Å². The van der Waals surface area contributed by atoms with Crippen molar-refractivity contribution in [3.63, 3.8) is 0 Å². The summed E-state index contributed by atoms with van der Waals surface area (Å²) in [5, 5.41) is 3.38. The molecule has 1 atom stereocenters. The van der Waals surface area contributed by atoms with Crippen LogP contribution in [0.15, 0.2) is 6.07 Å². The first kappa shape index (κ1) is 11.1. The topological polar surface area (TPSA) is 12.0 Å². The summed E-state index contributed by atoms with van der Waals surface area (Å²) in [4.78, 5) is 0. The average molecular weight is 237 g/mol. The maximum absolute atomic E-state index is 13.8. The molecule has 2 aliphatic rings. The van der Waals surface area contributed by atoms with Gasteiger partial charge in [0.1, 0.15) is 0 Å². The quantitative estimate of drug-likeness (QED) is 0.790. The maximum Gasteiger partial charge on any atom is 0.162 e. The van der Waals surface area contributed by atoms with Crippen molar-refractivity contribution in [2.24, 2.45) is 0 Å². The molecule has 1 aromatic rings. The van der Waals surface area contributed by atoms with Crippen LogP contribution in [0.2, 0.25) is 0 Å². The highest BCUT2D eigenvalue weighted by Gasteiger charge is 2.26. The van der Waals surface area contributed by atoms with Crippen LogP contribution in [0, 0.1) is 11.6 Å². The van der Waals surface area contributed by atoms with E-state index in [1.165, 1.54) is 6.07 Å². The van der Waals surface area contributed by atoms with Gasteiger partial charge in [0.25, 0.3) is 0 Å². The van der Waals surface area contributed by atoms with Crippen LogP contribution in [0.25, 0.3) is 0 Å². The van der Waals surface area contributed by atoms with Crippen molar-refractivity contribution in [2.45, 2.75) is 44.6 Å². The van der Waals surface area contributed by atoms with Crippen molar-refractivity contribution >= 4 is 0 Å². The molecule has 1 N–H and O–H groups in total. The second kappa shape index (κ2) is 4.37. The van der Waals surface area contributed by atoms with E-state index in [0.717, 1.165) is 49.8 Å². The lowest BCUT2D eigenvalue weighted by Gasteiger charge is -2.23. The van der Waals surface area contributed by atoms with Crippen molar-refractivity contribution in [3.05, 3.63) is 34.4 Å². The third kappa shape index (κ3) is 1.86. The van der Waals surface area contributed by atoms with Crippen molar-refractivity contribution in [1.29, 1.82) is 0 Å². The Kier molecular flexibility index (Phi) is 2.87. The summed E-state index contributed by atoms with van der Waals surface area (Å²) in [7, 11) is 0. The van der Waals surface area contributed by atoms with Crippen molar-refractivity contribution in [3.8, 4) is 0 Å². The van der Waals surface area contributed by atoms with Crippen molar-refractivity contribution < 1.29 is 8.78 Å². The van der Waals surface area contributed by atoms with Crippen LogP contribution in [0.1, 0.15) is 48.4 Å². The van der Waals surface area contributed by atoms with Gasteiger partial charge in [0.05, 0.1) is 0 Å². The molecule has 92 valence electrons. The van der Waals surface area contributed by atoms with Crippen LogP contribution in [0.3, 0.4) is 0 Å². The molecule has 1 heterocycles. The second-order valence-electron chi connectivity index (χ2n) is 5.07. The molecular formula is C14H17F2N. The zero-order chi connectivity index (χ0) is 11.8. The summed E-state index contributed by atoms with van der Waals surface area (Å²) < 4.78 is 27.4. The van der Waals surface area contributed by atoms with Gasteiger partial charge in [0.2, 0.25) is 0 Å². The smallest absolute Gasteiger partial charge is 0.162 e. The number of halogens is 2. The number of fused-ring (bicyclic) bond motifs is 1. The third-order valence-electron chi connectivity index (χ3n) is 4.01. The predicted octanol–water partition coefficient (Wildman–Crippen LogP) is 3.27. The Morgan fingerprint density at radius 3 is 2.53 bits per heavy atom. The summed E-state index contributed by atoms with van der Waals surface area (Å²) in [5.41, 5.74) is 2.73. The monoisotopic (exact) mass is 237 g/mol. The Morgan fingerprint density at radius 1 is 1.06 bits per heavy atom. The van der Waals surface area contributed by atoms with Crippen LogP contribution < -0.4 is 5.32 Å². The molecule has 1 aliphatic carbocycles. The number of nitrogens with one attached hydrogen (secondary N) is 1. The molecule has 1 saturated heterocycles. The van der Waals surface area contributed by atoms with Gasteiger partial charge in [0.15, 0.2) is 11.6 Å². The predicted molar refractivity (Wildman–Crippen MR) is 63.0 cm³/mol. The molecule has 3 rings (SSSR count). The first-order valence-electron chi connectivity index (χ1n) is 6.50. The van der Waals surface area contributed by atoms with E-state index in [1.54, 1.807) is 0 Å². The first-order valence-corrected chi connectivity index (χ1v) is 6.50. The summed E-state index contributed by atoms with van der Waals surface area (Å²) >= 11 is 0. The molecule has 1 aliphatic heterocycles. The molecule has 0 saturated carbocycles. The molecular weight excluding hydrogens is 220 g/mol. The van der Waals surface area contributed by atoms with Gasteiger partial charge in [-0.15, -0.1) is 0 Å². The van der Waals surface area contributed by atoms with E-state index in [9.17, 15) is 8.78 Å². The fourth-order valence-electron chi connectivity index (χ4n) is 3.16. The highest BCUT2D eigenvalue weighted by molar-refractivity contribution is 5.41. The molecule has 1 nitrogen and oxygen atoms in total. The number of rotatable bonds is 1. The fourth-order valence-corrected chi connectivity index (χ4v) is 3.16. The normalized spacial score (nSPS) is 23.8. The highest BCUT2D eigenvalue weighted by Crippen LogP contribution is 2.34. The molecule has 0 unspecified atom stereocenters. The minimum absolute atomic E-state index is 0.233. The number of hydrogen-bond donors (Lipinski definition) is 1. The molecule has 17 heavy (non-hydrogen) atoms. The minimum Gasteiger partial charge on any atom is -0.310 e. The molecule has 1 fully saturated rings. The minimum atomic E-state index is -0.672. The fraction of sp³-hybridized carbons (Fsp3) is 0.571. The molecule has 0 aromatic heterocycles. The Balaban J connectivity index is 2.10. The molecule has 0 spiro atoms. The van der Waals surface area contributed by atoms with Gasteiger partial charge in [-0.1, -0.05) is 0 Å². The van der Waals surface area contributed by atoms with E-state index in [0.29, 0.717) is 12.0 Å². The van der Waals surface area contributed by atoms with E-state index in [2.05, 4.69) is 5.32 Å². The number of hydrogen-bond acceptors (Lipinski definition) is 1. The van der Waals surface area contributed by atoms with E-state index in [-0.39, 0.29) is 6.04 Å². The SMILES string of the molecule is Fc1cc([C@H]2CCCN2)c2c(c1F)CCCC2. The summed E-state index contributed by atoms with van der Waals surface area (Å²) in [5.74, 6) is -1.28. The van der Waals surface area contributed by atoms with Crippen molar-refractivity contribution in [2.75, 3.05) is 6.54 Å². The zero-order valence-corrected chi connectivity index (χ0v) is 9.86. The Hall–Kier alpha value is -0.960. The standard InChI is InChI=1S/C14H17F2N/c15-12-8-11(13-6-3-7-17-13)9-4-1-2-5-10(9)14(12)16/h8,13,17H,1-7H2/t13-/m1/s1. The van der Waals surface area contributed by atoms with Gasteiger partial charge in [-0.3, -0.25) is 0 Å². The van der Waals surface area contributed by atoms with E-state index >= 15 is 0 Å². The number of benzene rings is 1. The van der Waals surface area contributed by atoms with Gasteiger partial charge in [0, 0.05) is 6.04 Å². The van der Waals surface area contributed by atoms with Gasteiger partial charge in [-0.25, -0.2) is 8.78 Å². The second-order valence-corrected chi connectivity index (χ2v) is 5.07. The Labute approximate surface area is 100 Å². The molecule has 0 radical (unpaired) electrons. The van der Waals surface area contributed by atoms with Gasteiger partial charge in [-0.05, 0) is 67.8 Å². The van der Waals surface area contributed by atoms with E-state index < -0.39 is 11.6 Å². The van der Waals surface area contributed by atoms with E-state index in [1.807, 2.05) is 0 Å². The molecule has 0 amide bonds. The first-order chi connectivity index (χ1) is 8.27. The lowest BCUT2D eigenvalue weighted by molar-refractivity contribution is 0.480.